The molecular formula is C32H66O. The monoisotopic (exact) mass is 467 g/mol. The van der Waals surface area contributed by atoms with Gasteiger partial charge in [-0.3, -0.25) is 0 Å². The molecule has 0 spiro atoms. The average molecular weight is 467 g/mol. The van der Waals surface area contributed by atoms with Crippen molar-refractivity contribution in [1.29, 1.82) is 0 Å². The molecule has 200 valence electrons. The molecule has 0 saturated carbocycles. The minimum absolute atomic E-state index is 0.0313. The molecule has 0 rings (SSSR count). The predicted molar refractivity (Wildman–Crippen MR) is 151 cm³/mol. The summed E-state index contributed by atoms with van der Waals surface area (Å²) in [7, 11) is 0. The second kappa shape index (κ2) is 30.0. The van der Waals surface area contributed by atoms with Crippen molar-refractivity contribution in [3.63, 3.8) is 0 Å². The summed E-state index contributed by atoms with van der Waals surface area (Å²) in [6.45, 7) is 4.58. The topological polar surface area (TPSA) is 20.2 Å². The van der Waals surface area contributed by atoms with Crippen LogP contribution in [0, 0.1) is 0 Å². The smallest absolute Gasteiger partial charge is 0.0540 e. The van der Waals surface area contributed by atoms with E-state index in [9.17, 15) is 5.11 Å². The lowest BCUT2D eigenvalue weighted by Gasteiger charge is -2.10. The van der Waals surface area contributed by atoms with Crippen LogP contribution in [-0.4, -0.2) is 11.2 Å². The normalized spacial score (nSPS) is 12.5. The van der Waals surface area contributed by atoms with Crippen molar-refractivity contribution in [3.05, 3.63) is 0 Å². The first-order valence-corrected chi connectivity index (χ1v) is 16.0. The average Bonchev–Trinajstić information content (AvgIpc) is 2.82. The molecule has 1 atom stereocenters. The fourth-order valence-electron chi connectivity index (χ4n) is 5.12. The molecule has 0 saturated heterocycles. The van der Waals surface area contributed by atoms with Gasteiger partial charge in [0.25, 0.3) is 0 Å². The number of rotatable bonds is 29. The molecule has 0 amide bonds. The molecular weight excluding hydrogens is 400 g/mol. The Bertz CT molecular complexity index is 326. The van der Waals surface area contributed by atoms with Gasteiger partial charge in [-0.15, -0.1) is 0 Å². The van der Waals surface area contributed by atoms with Gasteiger partial charge in [0.1, 0.15) is 0 Å². The quantitative estimate of drug-likeness (QED) is 0.109. The van der Waals surface area contributed by atoms with Gasteiger partial charge in [0.15, 0.2) is 0 Å². The third-order valence-electron chi connectivity index (χ3n) is 7.53. The van der Waals surface area contributed by atoms with E-state index in [2.05, 4.69) is 13.8 Å². The van der Waals surface area contributed by atoms with Crippen LogP contribution in [0.1, 0.15) is 200 Å². The first-order chi connectivity index (χ1) is 16.3. The highest BCUT2D eigenvalue weighted by atomic mass is 16.3. The molecule has 1 N–H and O–H groups in total. The molecule has 0 aromatic carbocycles. The van der Waals surface area contributed by atoms with Gasteiger partial charge in [0, 0.05) is 0 Å². The van der Waals surface area contributed by atoms with E-state index >= 15 is 0 Å². The summed E-state index contributed by atoms with van der Waals surface area (Å²) in [4.78, 5) is 0. The van der Waals surface area contributed by atoms with Gasteiger partial charge in [-0.05, 0) is 12.8 Å². The van der Waals surface area contributed by atoms with Gasteiger partial charge < -0.3 is 5.11 Å². The molecule has 0 aromatic heterocycles. The highest BCUT2D eigenvalue weighted by molar-refractivity contribution is 4.58. The zero-order valence-corrected chi connectivity index (χ0v) is 23.5. The molecule has 0 heterocycles. The molecule has 1 unspecified atom stereocenters. The van der Waals surface area contributed by atoms with Crippen LogP contribution in [-0.2, 0) is 0 Å². The van der Waals surface area contributed by atoms with E-state index in [4.69, 9.17) is 0 Å². The van der Waals surface area contributed by atoms with Crippen molar-refractivity contribution in [2.45, 2.75) is 206 Å². The second-order valence-corrected chi connectivity index (χ2v) is 11.1. The van der Waals surface area contributed by atoms with E-state index in [1.807, 2.05) is 0 Å². The van der Waals surface area contributed by atoms with Gasteiger partial charge in [0.05, 0.1) is 6.10 Å². The Kier molecular flexibility index (Phi) is 30.0. The summed E-state index contributed by atoms with van der Waals surface area (Å²) in [6.07, 6.45) is 40.1. The zero-order valence-electron chi connectivity index (χ0n) is 23.5. The van der Waals surface area contributed by atoms with Gasteiger partial charge >= 0.3 is 0 Å². The molecule has 0 bridgehead atoms. The zero-order chi connectivity index (χ0) is 24.1. The lowest BCUT2D eigenvalue weighted by Crippen LogP contribution is -2.05. The van der Waals surface area contributed by atoms with Crippen LogP contribution in [0.5, 0.6) is 0 Å². The van der Waals surface area contributed by atoms with Crippen LogP contribution in [0.15, 0.2) is 0 Å². The molecule has 0 aliphatic heterocycles. The van der Waals surface area contributed by atoms with Crippen molar-refractivity contribution >= 4 is 0 Å². The summed E-state index contributed by atoms with van der Waals surface area (Å²) in [6, 6.07) is 0. The third-order valence-corrected chi connectivity index (χ3v) is 7.53. The van der Waals surface area contributed by atoms with Crippen molar-refractivity contribution in [3.8, 4) is 0 Å². The number of hydrogen-bond acceptors (Lipinski definition) is 1. The van der Waals surface area contributed by atoms with Gasteiger partial charge in [-0.25, -0.2) is 0 Å². The molecule has 0 aliphatic carbocycles. The van der Waals surface area contributed by atoms with E-state index in [1.165, 1.54) is 173 Å². The maximum absolute atomic E-state index is 10.1. The minimum Gasteiger partial charge on any atom is -0.393 e. The predicted octanol–water partition coefficient (Wildman–Crippen LogP) is 11.7. The molecule has 33 heavy (non-hydrogen) atoms. The van der Waals surface area contributed by atoms with Crippen LogP contribution in [0.4, 0.5) is 0 Å². The lowest BCUT2D eigenvalue weighted by molar-refractivity contribution is 0.147. The summed E-state index contributed by atoms with van der Waals surface area (Å²) >= 11 is 0. The highest BCUT2D eigenvalue weighted by Gasteiger charge is 2.03. The standard InChI is InChI=1S/C32H66O/c1-3-5-7-9-11-12-13-14-15-16-17-18-19-20-21-22-23-25-27-29-31-32(33)30-28-26-24-10-8-6-4-2/h32-33H,3-31H2,1-2H3. The van der Waals surface area contributed by atoms with E-state index < -0.39 is 0 Å². The Morgan fingerprint density at radius 1 is 0.303 bits per heavy atom. The Morgan fingerprint density at radius 3 is 0.697 bits per heavy atom. The molecule has 1 heteroatoms. The lowest BCUT2D eigenvalue weighted by atomic mass is 10.0. The Labute approximate surface area is 211 Å². The maximum Gasteiger partial charge on any atom is 0.0540 e. The van der Waals surface area contributed by atoms with E-state index in [0.29, 0.717) is 0 Å². The van der Waals surface area contributed by atoms with Gasteiger partial charge in [0.2, 0.25) is 0 Å². The largest absolute Gasteiger partial charge is 0.393 e. The molecule has 0 aliphatic rings. The van der Waals surface area contributed by atoms with Gasteiger partial charge in [-0.1, -0.05) is 187 Å². The number of aliphatic hydroxyl groups is 1. The van der Waals surface area contributed by atoms with Crippen molar-refractivity contribution in [2.24, 2.45) is 0 Å². The van der Waals surface area contributed by atoms with Crippen molar-refractivity contribution in [1.82, 2.24) is 0 Å². The second-order valence-electron chi connectivity index (χ2n) is 11.1. The third kappa shape index (κ3) is 29.9. The van der Waals surface area contributed by atoms with Crippen molar-refractivity contribution < 1.29 is 5.11 Å². The van der Waals surface area contributed by atoms with Crippen LogP contribution in [0.2, 0.25) is 0 Å². The summed E-state index contributed by atoms with van der Waals surface area (Å²) < 4.78 is 0. The number of hydrogen-bond donors (Lipinski definition) is 1. The Balaban J connectivity index is 3.09. The van der Waals surface area contributed by atoms with E-state index in [0.717, 1.165) is 12.8 Å². The Morgan fingerprint density at radius 2 is 0.485 bits per heavy atom. The molecule has 0 fully saturated rings. The van der Waals surface area contributed by atoms with Crippen LogP contribution >= 0.6 is 0 Å². The number of aliphatic hydroxyl groups excluding tert-OH is 1. The fourth-order valence-corrected chi connectivity index (χ4v) is 5.12. The van der Waals surface area contributed by atoms with Crippen molar-refractivity contribution in [2.75, 3.05) is 0 Å². The maximum atomic E-state index is 10.1. The van der Waals surface area contributed by atoms with Crippen LogP contribution < -0.4 is 0 Å². The number of unbranched alkanes of at least 4 members (excludes halogenated alkanes) is 25. The highest BCUT2D eigenvalue weighted by Crippen LogP contribution is 2.16. The molecule has 0 radical (unpaired) electrons. The van der Waals surface area contributed by atoms with Gasteiger partial charge in [-0.2, -0.15) is 0 Å². The summed E-state index contributed by atoms with van der Waals surface area (Å²) in [5.41, 5.74) is 0. The molecule has 0 aromatic rings. The van der Waals surface area contributed by atoms with E-state index in [1.54, 1.807) is 0 Å². The van der Waals surface area contributed by atoms with Crippen LogP contribution in [0.3, 0.4) is 0 Å². The minimum atomic E-state index is -0.0313. The molecule has 1 nitrogen and oxygen atoms in total. The first-order valence-electron chi connectivity index (χ1n) is 16.0. The first kappa shape index (κ1) is 33.0. The Hall–Kier alpha value is -0.0400. The van der Waals surface area contributed by atoms with E-state index in [-0.39, 0.29) is 6.10 Å². The van der Waals surface area contributed by atoms with Crippen LogP contribution in [0.25, 0.3) is 0 Å². The summed E-state index contributed by atoms with van der Waals surface area (Å²) in [5, 5.41) is 10.1. The SMILES string of the molecule is CCCCCCCCCCCCCCCCCCCCCCC(O)CCCCCCCCC. The fraction of sp³-hybridized carbons (Fsp3) is 1.00. The summed E-state index contributed by atoms with van der Waals surface area (Å²) in [5.74, 6) is 0.